The molecule has 1 heterocycles. The van der Waals surface area contributed by atoms with Gasteiger partial charge in [-0.3, -0.25) is 4.18 Å². The summed E-state index contributed by atoms with van der Waals surface area (Å²) in [4.78, 5) is 0. The zero-order valence-electron chi connectivity index (χ0n) is 3.92. The minimum atomic E-state index is -3.03. The molecule has 0 saturated carbocycles. The Kier molecular flexibility index (Phi) is 0.864. The fourth-order valence-electron chi connectivity index (χ4n) is 0.530. The molecule has 0 amide bonds. The Hall–Kier alpha value is -0.0900. The Morgan fingerprint density at radius 1 is 1.71 bits per heavy atom. The molecule has 0 aromatic carbocycles. The second-order valence-electron chi connectivity index (χ2n) is 1.63. The molecule has 0 spiro atoms. The largest absolute Gasteiger partial charge is 0.270 e. The lowest BCUT2D eigenvalue weighted by Crippen LogP contribution is -2.35. The van der Waals surface area contributed by atoms with Gasteiger partial charge in [0.2, 0.25) is 0 Å². The van der Waals surface area contributed by atoms with E-state index in [1.807, 2.05) is 0 Å². The first kappa shape index (κ1) is 5.05. The van der Waals surface area contributed by atoms with E-state index in [0.717, 1.165) is 0 Å². The Morgan fingerprint density at radius 3 is 2.14 bits per heavy atom. The lowest BCUT2D eigenvalue weighted by atomic mass is 10.5. The van der Waals surface area contributed by atoms with E-state index < -0.39 is 10.1 Å². The van der Waals surface area contributed by atoms with Gasteiger partial charge in [-0.05, 0) is 6.92 Å². The standard InChI is InChI=1S/C3H6O3S/c1-3-2-7(4,5)6-3/h3H,2H2,1H3/t3-/m0/s1. The zero-order chi connectivity index (χ0) is 5.49. The minimum Gasteiger partial charge on any atom is -0.266 e. The summed E-state index contributed by atoms with van der Waals surface area (Å²) in [7, 11) is -3.03. The van der Waals surface area contributed by atoms with Gasteiger partial charge in [0, 0.05) is 0 Å². The van der Waals surface area contributed by atoms with Crippen LogP contribution in [-0.2, 0) is 14.3 Å². The van der Waals surface area contributed by atoms with Crippen molar-refractivity contribution in [3.63, 3.8) is 0 Å². The van der Waals surface area contributed by atoms with Crippen molar-refractivity contribution in [3.05, 3.63) is 0 Å². The molecular formula is C3H6O3S. The van der Waals surface area contributed by atoms with Gasteiger partial charge in [-0.25, -0.2) is 0 Å². The van der Waals surface area contributed by atoms with Gasteiger partial charge in [-0.1, -0.05) is 0 Å². The van der Waals surface area contributed by atoms with Crippen LogP contribution in [0.4, 0.5) is 0 Å². The fraction of sp³-hybridized carbons (Fsp3) is 1.00. The number of hydrogen-bond acceptors (Lipinski definition) is 3. The molecule has 0 bridgehead atoms. The highest BCUT2D eigenvalue weighted by atomic mass is 32.2. The molecule has 1 rings (SSSR count). The zero-order valence-corrected chi connectivity index (χ0v) is 4.73. The van der Waals surface area contributed by atoms with Gasteiger partial charge >= 0.3 is 0 Å². The summed E-state index contributed by atoms with van der Waals surface area (Å²) in [5, 5.41) is 0. The lowest BCUT2D eigenvalue weighted by molar-refractivity contribution is 0.198. The molecule has 0 radical (unpaired) electrons. The molecule has 1 atom stereocenters. The van der Waals surface area contributed by atoms with Crippen molar-refractivity contribution in [2.45, 2.75) is 13.0 Å². The molecule has 0 aromatic heterocycles. The highest BCUT2D eigenvalue weighted by molar-refractivity contribution is 7.87. The van der Waals surface area contributed by atoms with E-state index in [1.54, 1.807) is 6.92 Å². The van der Waals surface area contributed by atoms with Gasteiger partial charge in [0.25, 0.3) is 10.1 Å². The van der Waals surface area contributed by atoms with E-state index in [-0.39, 0.29) is 11.9 Å². The summed E-state index contributed by atoms with van der Waals surface area (Å²) in [6.07, 6.45) is -0.0787. The fourth-order valence-corrected chi connectivity index (χ4v) is 1.59. The lowest BCUT2D eigenvalue weighted by Gasteiger charge is -2.20. The van der Waals surface area contributed by atoms with E-state index in [9.17, 15) is 8.42 Å². The third kappa shape index (κ3) is 0.920. The monoisotopic (exact) mass is 122 g/mol. The second kappa shape index (κ2) is 1.20. The van der Waals surface area contributed by atoms with Gasteiger partial charge in [0.05, 0.1) is 6.10 Å². The normalized spacial score (nSPS) is 37.0. The molecule has 0 unspecified atom stereocenters. The molecule has 1 saturated heterocycles. The molecule has 7 heavy (non-hydrogen) atoms. The maximum absolute atomic E-state index is 10.1. The summed E-state index contributed by atoms with van der Waals surface area (Å²) >= 11 is 0. The first-order valence-electron chi connectivity index (χ1n) is 2.01. The third-order valence-corrected chi connectivity index (χ3v) is 2.25. The van der Waals surface area contributed by atoms with Crippen LogP contribution in [0.2, 0.25) is 0 Å². The van der Waals surface area contributed by atoms with Crippen molar-refractivity contribution in [2.75, 3.05) is 5.75 Å². The maximum atomic E-state index is 10.1. The molecule has 1 aliphatic heterocycles. The highest BCUT2D eigenvalue weighted by Gasteiger charge is 2.30. The van der Waals surface area contributed by atoms with Crippen LogP contribution in [0.25, 0.3) is 0 Å². The number of hydrogen-bond donors (Lipinski definition) is 0. The molecule has 1 aliphatic rings. The highest BCUT2D eigenvalue weighted by Crippen LogP contribution is 2.13. The van der Waals surface area contributed by atoms with Gasteiger partial charge < -0.3 is 0 Å². The van der Waals surface area contributed by atoms with Crippen LogP contribution in [0.3, 0.4) is 0 Å². The van der Waals surface area contributed by atoms with E-state index >= 15 is 0 Å². The summed E-state index contributed by atoms with van der Waals surface area (Å²) in [6, 6.07) is 0. The summed E-state index contributed by atoms with van der Waals surface area (Å²) in [6.45, 7) is 1.72. The predicted molar refractivity (Wildman–Crippen MR) is 24.3 cm³/mol. The molecule has 3 nitrogen and oxygen atoms in total. The predicted octanol–water partition coefficient (Wildman–Crippen LogP) is -0.265. The first-order chi connectivity index (χ1) is 3.10. The summed E-state index contributed by atoms with van der Waals surface area (Å²) < 4.78 is 24.4. The van der Waals surface area contributed by atoms with Gasteiger partial charge in [0.15, 0.2) is 0 Å². The van der Waals surface area contributed by atoms with Crippen LogP contribution in [0.1, 0.15) is 6.92 Å². The Labute approximate surface area is 42.4 Å². The average molecular weight is 122 g/mol. The molecule has 4 heteroatoms. The SMILES string of the molecule is C[C@H]1CS(=O)(=O)O1. The van der Waals surface area contributed by atoms with Gasteiger partial charge in [-0.15, -0.1) is 0 Å². The number of rotatable bonds is 0. The van der Waals surface area contributed by atoms with Crippen molar-refractivity contribution in [1.29, 1.82) is 0 Å². The average Bonchev–Trinajstić information content (AvgIpc) is 1.27. The molecule has 0 aromatic rings. The van der Waals surface area contributed by atoms with Crippen molar-refractivity contribution in [3.8, 4) is 0 Å². The van der Waals surface area contributed by atoms with E-state index in [1.165, 1.54) is 0 Å². The van der Waals surface area contributed by atoms with E-state index in [2.05, 4.69) is 4.18 Å². The van der Waals surface area contributed by atoms with Gasteiger partial charge in [-0.2, -0.15) is 8.42 Å². The van der Waals surface area contributed by atoms with Crippen molar-refractivity contribution in [1.82, 2.24) is 0 Å². The Morgan fingerprint density at radius 2 is 2.14 bits per heavy atom. The van der Waals surface area contributed by atoms with Gasteiger partial charge in [0.1, 0.15) is 5.75 Å². The van der Waals surface area contributed by atoms with E-state index in [4.69, 9.17) is 0 Å². The Balaban J connectivity index is 2.61. The molecule has 42 valence electrons. The minimum absolute atomic E-state index is 0.0787. The molecule has 0 N–H and O–H groups in total. The van der Waals surface area contributed by atoms with Crippen LogP contribution < -0.4 is 0 Å². The van der Waals surface area contributed by atoms with Crippen molar-refractivity contribution < 1.29 is 12.6 Å². The topological polar surface area (TPSA) is 43.4 Å². The first-order valence-corrected chi connectivity index (χ1v) is 3.59. The van der Waals surface area contributed by atoms with Crippen LogP contribution in [-0.4, -0.2) is 20.3 Å². The van der Waals surface area contributed by atoms with E-state index in [0.29, 0.717) is 0 Å². The van der Waals surface area contributed by atoms with Crippen molar-refractivity contribution >= 4 is 10.1 Å². The van der Waals surface area contributed by atoms with Crippen molar-refractivity contribution in [2.24, 2.45) is 0 Å². The molecule has 1 fully saturated rings. The van der Waals surface area contributed by atoms with Crippen LogP contribution in [0, 0.1) is 0 Å². The quantitative estimate of drug-likeness (QED) is 0.415. The summed E-state index contributed by atoms with van der Waals surface area (Å²) in [5.41, 5.74) is 0. The smallest absolute Gasteiger partial charge is 0.266 e. The third-order valence-electron chi connectivity index (χ3n) is 0.750. The molecule has 0 aliphatic carbocycles. The second-order valence-corrected chi connectivity index (χ2v) is 3.27. The van der Waals surface area contributed by atoms with Crippen LogP contribution >= 0.6 is 0 Å². The molecular weight excluding hydrogens is 116 g/mol. The maximum Gasteiger partial charge on any atom is 0.270 e. The van der Waals surface area contributed by atoms with Crippen LogP contribution in [0.15, 0.2) is 0 Å². The van der Waals surface area contributed by atoms with Crippen LogP contribution in [0.5, 0.6) is 0 Å². The summed E-state index contributed by atoms with van der Waals surface area (Å²) in [5.74, 6) is 0.188. The Bertz CT molecular complexity index is 145.